The Morgan fingerprint density at radius 1 is 1.12 bits per heavy atom. The van der Waals surface area contributed by atoms with Crippen LogP contribution in [-0.2, 0) is 4.74 Å². The first-order chi connectivity index (χ1) is 12.5. The van der Waals surface area contributed by atoms with Crippen LogP contribution in [0.3, 0.4) is 0 Å². The number of carbonyl (C=O) groups is 1. The Balaban J connectivity index is 1.63. The molecule has 0 unspecified atom stereocenters. The molecule has 1 aliphatic rings. The van der Waals surface area contributed by atoms with E-state index >= 15 is 0 Å². The van der Waals surface area contributed by atoms with Crippen LogP contribution < -0.4 is 14.2 Å². The van der Waals surface area contributed by atoms with E-state index in [4.69, 9.17) is 18.9 Å². The monoisotopic (exact) mass is 359 g/mol. The molecule has 0 amide bonds. The molecular formula is C18H17NO7. The summed E-state index contributed by atoms with van der Waals surface area (Å²) in [5, 5.41) is 11.2. The average molecular weight is 359 g/mol. The zero-order valence-corrected chi connectivity index (χ0v) is 14.1. The summed E-state index contributed by atoms with van der Waals surface area (Å²) in [4.78, 5) is 22.8. The van der Waals surface area contributed by atoms with Crippen LogP contribution in [-0.4, -0.2) is 37.3 Å². The third kappa shape index (κ3) is 4.02. The van der Waals surface area contributed by atoms with Gasteiger partial charge in [-0.3, -0.25) is 10.1 Å². The van der Waals surface area contributed by atoms with Gasteiger partial charge in [-0.15, -0.1) is 0 Å². The second-order valence-corrected chi connectivity index (χ2v) is 5.57. The van der Waals surface area contributed by atoms with Crippen LogP contribution >= 0.6 is 0 Å². The zero-order chi connectivity index (χ0) is 18.5. The van der Waals surface area contributed by atoms with Gasteiger partial charge in [-0.25, -0.2) is 4.79 Å². The van der Waals surface area contributed by atoms with E-state index < -0.39 is 16.6 Å². The topological polar surface area (TPSA) is 97.1 Å². The third-order valence-electron chi connectivity index (χ3n) is 3.68. The van der Waals surface area contributed by atoms with Crippen LogP contribution in [0, 0.1) is 17.0 Å². The van der Waals surface area contributed by atoms with E-state index in [2.05, 4.69) is 0 Å². The minimum atomic E-state index is -0.818. The lowest BCUT2D eigenvalue weighted by molar-refractivity contribution is -0.385. The van der Waals surface area contributed by atoms with Crippen LogP contribution in [0.1, 0.15) is 15.9 Å². The predicted molar refractivity (Wildman–Crippen MR) is 91.0 cm³/mol. The Morgan fingerprint density at radius 3 is 2.42 bits per heavy atom. The van der Waals surface area contributed by atoms with E-state index in [1.807, 2.05) is 31.2 Å². The number of nitro benzene ring substituents is 1. The lowest BCUT2D eigenvalue weighted by Crippen LogP contribution is -2.18. The predicted octanol–water partition coefficient (Wildman–Crippen LogP) is 2.91. The minimum absolute atomic E-state index is 0.0433. The number of rotatable bonds is 6. The Morgan fingerprint density at radius 2 is 1.77 bits per heavy atom. The van der Waals surface area contributed by atoms with E-state index in [-0.39, 0.29) is 30.3 Å². The Bertz CT molecular complexity index is 817. The normalized spacial score (nSPS) is 12.3. The van der Waals surface area contributed by atoms with Crippen LogP contribution in [0.25, 0.3) is 0 Å². The van der Waals surface area contributed by atoms with Crippen molar-refractivity contribution in [3.63, 3.8) is 0 Å². The van der Waals surface area contributed by atoms with Gasteiger partial charge in [0.15, 0.2) is 11.5 Å². The van der Waals surface area contributed by atoms with Crippen LogP contribution in [0.2, 0.25) is 0 Å². The Kier molecular flexibility index (Phi) is 5.21. The highest BCUT2D eigenvalue weighted by Gasteiger charge is 2.27. The maximum Gasteiger partial charge on any atom is 0.345 e. The lowest BCUT2D eigenvalue weighted by Gasteiger charge is -2.18. The SMILES string of the molecule is Cc1ccc(OCCOC(=O)c2cc3c(cc2[N+](=O)[O-])OCCO3)cc1. The first-order valence-corrected chi connectivity index (χ1v) is 7.99. The van der Waals surface area contributed by atoms with Crippen molar-refractivity contribution in [2.75, 3.05) is 26.4 Å². The molecule has 0 saturated carbocycles. The molecule has 2 aromatic rings. The zero-order valence-electron chi connectivity index (χ0n) is 14.1. The van der Waals surface area contributed by atoms with Gasteiger partial charge >= 0.3 is 5.97 Å². The molecule has 0 spiro atoms. The molecule has 1 aliphatic heterocycles. The average Bonchev–Trinajstić information content (AvgIpc) is 2.65. The molecule has 2 aromatic carbocycles. The van der Waals surface area contributed by atoms with Crippen molar-refractivity contribution in [1.29, 1.82) is 0 Å². The van der Waals surface area contributed by atoms with E-state index in [1.54, 1.807) is 0 Å². The van der Waals surface area contributed by atoms with Crippen molar-refractivity contribution in [1.82, 2.24) is 0 Å². The summed E-state index contributed by atoms with van der Waals surface area (Å²) in [6, 6.07) is 9.87. The summed E-state index contributed by atoms with van der Waals surface area (Å²) in [5.41, 5.74) is 0.531. The van der Waals surface area contributed by atoms with E-state index in [9.17, 15) is 14.9 Å². The van der Waals surface area contributed by atoms with Crippen LogP contribution in [0.15, 0.2) is 36.4 Å². The first kappa shape index (κ1) is 17.5. The second-order valence-electron chi connectivity index (χ2n) is 5.57. The molecule has 3 rings (SSSR count). The van der Waals surface area contributed by atoms with Gasteiger partial charge in [0.2, 0.25) is 0 Å². The number of fused-ring (bicyclic) bond motifs is 1. The van der Waals surface area contributed by atoms with Crippen molar-refractivity contribution in [3.05, 3.63) is 57.6 Å². The van der Waals surface area contributed by atoms with Gasteiger partial charge in [0.05, 0.1) is 11.0 Å². The minimum Gasteiger partial charge on any atom is -0.490 e. The van der Waals surface area contributed by atoms with Crippen molar-refractivity contribution < 1.29 is 28.7 Å². The molecule has 0 radical (unpaired) electrons. The summed E-state index contributed by atoms with van der Waals surface area (Å²) < 4.78 is 21.2. The molecule has 0 saturated heterocycles. The highest BCUT2D eigenvalue weighted by atomic mass is 16.6. The van der Waals surface area contributed by atoms with Gasteiger partial charge in [0.1, 0.15) is 37.7 Å². The van der Waals surface area contributed by atoms with E-state index in [0.29, 0.717) is 19.0 Å². The molecule has 8 heteroatoms. The molecule has 26 heavy (non-hydrogen) atoms. The van der Waals surface area contributed by atoms with Gasteiger partial charge in [-0.1, -0.05) is 17.7 Å². The number of nitro groups is 1. The molecule has 0 aromatic heterocycles. The van der Waals surface area contributed by atoms with Gasteiger partial charge in [-0.05, 0) is 19.1 Å². The standard InChI is InChI=1S/C18H17NO7/c1-12-2-4-13(5-3-12)23-6-9-26-18(20)14-10-16-17(25-8-7-24-16)11-15(14)19(21)22/h2-5,10-11H,6-9H2,1H3. The first-order valence-electron chi connectivity index (χ1n) is 7.99. The smallest absolute Gasteiger partial charge is 0.345 e. The van der Waals surface area contributed by atoms with Crippen molar-refractivity contribution in [2.24, 2.45) is 0 Å². The van der Waals surface area contributed by atoms with Crippen molar-refractivity contribution in [2.45, 2.75) is 6.92 Å². The summed E-state index contributed by atoms with van der Waals surface area (Å²) in [7, 11) is 0. The maximum atomic E-state index is 12.2. The van der Waals surface area contributed by atoms with Gasteiger partial charge in [-0.2, -0.15) is 0 Å². The molecule has 0 bridgehead atoms. The summed E-state index contributed by atoms with van der Waals surface area (Å²) in [5.74, 6) is 0.352. The number of aryl methyl sites for hydroxylation is 1. The molecule has 0 aliphatic carbocycles. The Hall–Kier alpha value is -3.29. The van der Waals surface area contributed by atoms with Gasteiger partial charge in [0.25, 0.3) is 5.69 Å². The number of esters is 1. The molecule has 0 fully saturated rings. The molecule has 0 N–H and O–H groups in total. The molecular weight excluding hydrogens is 342 g/mol. The quantitative estimate of drug-likeness (QED) is 0.338. The van der Waals surface area contributed by atoms with Crippen LogP contribution in [0.4, 0.5) is 5.69 Å². The fraction of sp³-hybridized carbons (Fsp3) is 0.278. The highest BCUT2D eigenvalue weighted by Crippen LogP contribution is 2.36. The fourth-order valence-corrected chi connectivity index (χ4v) is 2.40. The summed E-state index contributed by atoms with van der Waals surface area (Å²) >= 11 is 0. The number of nitrogens with zero attached hydrogens (tertiary/aromatic N) is 1. The number of benzene rings is 2. The largest absolute Gasteiger partial charge is 0.490 e. The number of ether oxygens (including phenoxy) is 4. The number of carbonyl (C=O) groups excluding carboxylic acids is 1. The third-order valence-corrected chi connectivity index (χ3v) is 3.68. The van der Waals surface area contributed by atoms with Crippen molar-refractivity contribution >= 4 is 11.7 Å². The lowest BCUT2D eigenvalue weighted by atomic mass is 10.1. The second kappa shape index (κ2) is 7.73. The number of hydrogen-bond acceptors (Lipinski definition) is 7. The molecule has 136 valence electrons. The maximum absolute atomic E-state index is 12.2. The van der Waals surface area contributed by atoms with Gasteiger partial charge < -0.3 is 18.9 Å². The highest BCUT2D eigenvalue weighted by molar-refractivity contribution is 5.95. The van der Waals surface area contributed by atoms with Crippen molar-refractivity contribution in [3.8, 4) is 17.2 Å². The molecule has 8 nitrogen and oxygen atoms in total. The van der Waals surface area contributed by atoms with Crippen LogP contribution in [0.5, 0.6) is 17.2 Å². The fourth-order valence-electron chi connectivity index (χ4n) is 2.40. The van der Waals surface area contributed by atoms with E-state index in [1.165, 1.54) is 12.1 Å². The molecule has 1 heterocycles. The van der Waals surface area contributed by atoms with E-state index in [0.717, 1.165) is 5.56 Å². The summed E-state index contributed by atoms with van der Waals surface area (Å²) in [6.07, 6.45) is 0. The van der Waals surface area contributed by atoms with Gasteiger partial charge in [0, 0.05) is 6.07 Å². The summed E-state index contributed by atoms with van der Waals surface area (Å²) in [6.45, 7) is 2.66. The molecule has 0 atom stereocenters. The number of hydrogen-bond donors (Lipinski definition) is 0. The Labute approximate surface area is 149 Å².